The van der Waals surface area contributed by atoms with Crippen LogP contribution in [0.3, 0.4) is 0 Å². The van der Waals surface area contributed by atoms with Crippen LogP contribution in [0.4, 0.5) is 0 Å². The molecule has 5 atom stereocenters. The average molecular weight is 693 g/mol. The minimum absolute atomic E-state index is 0.0713. The van der Waals surface area contributed by atoms with E-state index in [1.54, 1.807) is 19.1 Å². The number of allylic oxidation sites excluding steroid dienone is 10. The van der Waals surface area contributed by atoms with E-state index in [1.165, 1.54) is 34.8 Å². The molecule has 0 aromatic carbocycles. The Balaban J connectivity index is 5.66. The minimum atomic E-state index is -1.01. The third-order valence-electron chi connectivity index (χ3n) is 9.95. The lowest BCUT2D eigenvalue weighted by Gasteiger charge is -2.32. The zero-order valence-corrected chi connectivity index (χ0v) is 33.8. The van der Waals surface area contributed by atoms with Crippen LogP contribution in [-0.2, 0) is 9.53 Å². The van der Waals surface area contributed by atoms with Crippen molar-refractivity contribution in [1.29, 1.82) is 0 Å². The number of carbonyl (C=O) groups excluding carboxylic acids is 1. The van der Waals surface area contributed by atoms with E-state index >= 15 is 0 Å². The Kier molecular flexibility index (Phi) is 24.7. The molecule has 5 unspecified atom stereocenters. The Morgan fingerprint density at radius 1 is 0.740 bits per heavy atom. The highest BCUT2D eigenvalue weighted by Gasteiger charge is 2.31. The SMILES string of the molecule is C=CC(C)(O)CCC=C(C)CCC=C(C)CC(C=CCCC(CCC(C)CCOC(C)=O)C(=C)C)C(O)(C=C)CCC=C(C)CCC=C(C)C. The molecule has 0 aromatic heterocycles. The molecule has 0 saturated carbocycles. The predicted octanol–water partition coefficient (Wildman–Crippen LogP) is 12.7. The maximum absolute atomic E-state index is 12.0. The van der Waals surface area contributed by atoms with Gasteiger partial charge in [-0.05, 0) is 144 Å². The van der Waals surface area contributed by atoms with Gasteiger partial charge >= 0.3 is 5.97 Å². The topological polar surface area (TPSA) is 66.8 Å². The van der Waals surface area contributed by atoms with Crippen molar-refractivity contribution in [2.75, 3.05) is 6.61 Å². The maximum Gasteiger partial charge on any atom is 0.302 e. The summed E-state index contributed by atoms with van der Waals surface area (Å²) in [5.74, 6) is 0.643. The number of ether oxygens (including phenoxy) is 1. The molecule has 284 valence electrons. The van der Waals surface area contributed by atoms with E-state index in [4.69, 9.17) is 4.74 Å². The van der Waals surface area contributed by atoms with Crippen LogP contribution in [0.15, 0.2) is 96.2 Å². The van der Waals surface area contributed by atoms with E-state index in [0.717, 1.165) is 77.0 Å². The van der Waals surface area contributed by atoms with Gasteiger partial charge < -0.3 is 14.9 Å². The highest BCUT2D eigenvalue weighted by atomic mass is 16.5. The molecule has 4 nitrogen and oxygen atoms in total. The molecule has 0 fully saturated rings. The molecule has 4 heteroatoms. The lowest BCUT2D eigenvalue weighted by atomic mass is 9.79. The second kappa shape index (κ2) is 26.1. The summed E-state index contributed by atoms with van der Waals surface area (Å²) >= 11 is 0. The number of hydrogen-bond donors (Lipinski definition) is 2. The first-order valence-electron chi connectivity index (χ1n) is 19.2. The van der Waals surface area contributed by atoms with Crippen LogP contribution in [-0.4, -0.2) is 34.0 Å². The van der Waals surface area contributed by atoms with E-state index in [1.807, 2.05) is 0 Å². The first-order chi connectivity index (χ1) is 23.4. The quantitative estimate of drug-likeness (QED) is 0.0633. The Morgan fingerprint density at radius 3 is 1.86 bits per heavy atom. The van der Waals surface area contributed by atoms with Gasteiger partial charge in [0.25, 0.3) is 0 Å². The van der Waals surface area contributed by atoms with E-state index in [-0.39, 0.29) is 11.9 Å². The van der Waals surface area contributed by atoms with Crippen LogP contribution in [0, 0.1) is 17.8 Å². The fourth-order valence-electron chi connectivity index (χ4n) is 6.11. The standard InChI is InChI=1S/C46H76O4/c1-13-45(12,48)32-19-25-39(8)23-18-24-41(10)35-44(46(49,14-2)33-20-26-38(7)22-17-21-36(3)4)28-16-15-27-43(37(5)6)30-29-40(9)31-34-50-42(11)47/h13-14,16,21,24-26,28,40,43-44,48-49H,1-2,5,15,17-20,22-23,27,29-35H2,3-4,6-12H3. The van der Waals surface area contributed by atoms with Crippen molar-refractivity contribution in [2.45, 2.75) is 163 Å². The Bertz CT molecular complexity index is 1170. The van der Waals surface area contributed by atoms with Gasteiger partial charge in [-0.1, -0.05) is 96.4 Å². The third-order valence-corrected chi connectivity index (χ3v) is 9.95. The summed E-state index contributed by atoms with van der Waals surface area (Å²) in [6, 6.07) is 0. The average Bonchev–Trinajstić information content (AvgIpc) is 3.03. The first-order valence-corrected chi connectivity index (χ1v) is 19.2. The minimum Gasteiger partial charge on any atom is -0.466 e. The molecule has 0 saturated heterocycles. The van der Waals surface area contributed by atoms with Crippen LogP contribution in [0.2, 0.25) is 0 Å². The number of aliphatic hydroxyl groups is 2. The molecule has 0 aliphatic heterocycles. The van der Waals surface area contributed by atoms with E-state index in [9.17, 15) is 15.0 Å². The van der Waals surface area contributed by atoms with Crippen LogP contribution in [0.5, 0.6) is 0 Å². The van der Waals surface area contributed by atoms with Crippen molar-refractivity contribution in [3.05, 3.63) is 96.2 Å². The molecule has 0 rings (SSSR count). The Labute approximate surface area is 309 Å². The molecule has 0 aliphatic carbocycles. The summed E-state index contributed by atoms with van der Waals surface area (Å²) in [6.45, 7) is 31.0. The largest absolute Gasteiger partial charge is 0.466 e. The fraction of sp³-hybridized carbons (Fsp3) is 0.630. The summed E-state index contributed by atoms with van der Waals surface area (Å²) in [5, 5.41) is 22.2. The summed E-state index contributed by atoms with van der Waals surface area (Å²) in [4.78, 5) is 11.1. The summed E-state index contributed by atoms with van der Waals surface area (Å²) in [7, 11) is 0. The molecule has 2 N–H and O–H groups in total. The molecular formula is C46H76O4. The lowest BCUT2D eigenvalue weighted by Crippen LogP contribution is -2.34. The van der Waals surface area contributed by atoms with Crippen LogP contribution >= 0.6 is 0 Å². The Hall–Kier alpha value is -2.69. The molecule has 0 aliphatic rings. The van der Waals surface area contributed by atoms with E-state index < -0.39 is 11.2 Å². The molecule has 0 amide bonds. The molecule has 0 radical (unpaired) electrons. The number of esters is 1. The van der Waals surface area contributed by atoms with Crippen molar-refractivity contribution < 1.29 is 19.7 Å². The smallest absolute Gasteiger partial charge is 0.302 e. The second-order valence-electron chi connectivity index (χ2n) is 15.5. The fourth-order valence-corrected chi connectivity index (χ4v) is 6.11. The van der Waals surface area contributed by atoms with Gasteiger partial charge in [0, 0.05) is 12.8 Å². The van der Waals surface area contributed by atoms with Gasteiger partial charge in [-0.25, -0.2) is 0 Å². The molecule has 0 spiro atoms. The maximum atomic E-state index is 12.0. The van der Waals surface area contributed by atoms with Crippen molar-refractivity contribution in [2.24, 2.45) is 17.8 Å². The summed E-state index contributed by atoms with van der Waals surface area (Å²) in [6.07, 6.45) is 29.7. The van der Waals surface area contributed by atoms with Crippen molar-refractivity contribution >= 4 is 5.97 Å². The van der Waals surface area contributed by atoms with E-state index in [0.29, 0.717) is 31.3 Å². The summed E-state index contributed by atoms with van der Waals surface area (Å²) in [5.41, 5.74) is 4.69. The number of rotatable bonds is 28. The van der Waals surface area contributed by atoms with Crippen LogP contribution < -0.4 is 0 Å². The third kappa shape index (κ3) is 23.7. The van der Waals surface area contributed by atoms with Gasteiger partial charge in [0.05, 0.1) is 17.8 Å². The molecular weight excluding hydrogens is 617 g/mol. The van der Waals surface area contributed by atoms with Gasteiger partial charge in [-0.3, -0.25) is 4.79 Å². The van der Waals surface area contributed by atoms with Crippen molar-refractivity contribution in [3.8, 4) is 0 Å². The van der Waals surface area contributed by atoms with Gasteiger partial charge in [-0.2, -0.15) is 0 Å². The lowest BCUT2D eigenvalue weighted by molar-refractivity contribution is -0.141. The number of carbonyl (C=O) groups is 1. The molecule has 50 heavy (non-hydrogen) atoms. The Morgan fingerprint density at radius 2 is 1.32 bits per heavy atom. The van der Waals surface area contributed by atoms with Gasteiger partial charge in [0.2, 0.25) is 0 Å². The predicted molar refractivity (Wildman–Crippen MR) is 218 cm³/mol. The normalized spacial score (nSPS) is 17.0. The molecule has 0 bridgehead atoms. The zero-order valence-electron chi connectivity index (χ0n) is 33.8. The zero-order chi connectivity index (χ0) is 38.2. The molecule has 0 heterocycles. The van der Waals surface area contributed by atoms with Gasteiger partial charge in [-0.15, -0.1) is 13.2 Å². The van der Waals surface area contributed by atoms with E-state index in [2.05, 4.69) is 105 Å². The van der Waals surface area contributed by atoms with Gasteiger partial charge in [0.1, 0.15) is 0 Å². The highest BCUT2D eigenvalue weighted by Crippen LogP contribution is 2.33. The number of hydrogen-bond acceptors (Lipinski definition) is 4. The monoisotopic (exact) mass is 693 g/mol. The van der Waals surface area contributed by atoms with Crippen LogP contribution in [0.1, 0.15) is 152 Å². The highest BCUT2D eigenvalue weighted by molar-refractivity contribution is 5.65. The van der Waals surface area contributed by atoms with Crippen molar-refractivity contribution in [3.63, 3.8) is 0 Å². The van der Waals surface area contributed by atoms with Gasteiger partial charge in [0.15, 0.2) is 0 Å². The summed E-state index contributed by atoms with van der Waals surface area (Å²) < 4.78 is 5.14. The molecule has 0 aromatic rings. The van der Waals surface area contributed by atoms with Crippen molar-refractivity contribution in [1.82, 2.24) is 0 Å². The van der Waals surface area contributed by atoms with Crippen LogP contribution in [0.25, 0.3) is 0 Å². The second-order valence-corrected chi connectivity index (χ2v) is 15.5. The first kappa shape index (κ1) is 47.3.